The topological polar surface area (TPSA) is 29.3 Å². The van der Waals surface area contributed by atoms with Gasteiger partial charge in [-0.25, -0.2) is 0 Å². The number of nitrogens with two attached hydrogens (primary N) is 1. The Kier molecular flexibility index (Phi) is 5.97. The normalized spacial score (nSPS) is 12.6. The molecule has 0 heterocycles. The van der Waals surface area contributed by atoms with E-state index in [1.807, 2.05) is 6.07 Å². The average Bonchev–Trinajstić information content (AvgIpc) is 2.56. The molecule has 0 radical (unpaired) electrons. The third-order valence-electron chi connectivity index (χ3n) is 3.98. The van der Waals surface area contributed by atoms with Gasteiger partial charge < -0.3 is 5.73 Å². The fraction of sp³-hybridized carbons (Fsp3) is 0.368. The highest BCUT2D eigenvalue weighted by Crippen LogP contribution is 2.24. The van der Waals surface area contributed by atoms with Crippen LogP contribution in [-0.4, -0.2) is 24.5 Å². The van der Waals surface area contributed by atoms with E-state index in [1.165, 1.54) is 16.7 Å². The van der Waals surface area contributed by atoms with Crippen LogP contribution in [-0.2, 0) is 0 Å². The van der Waals surface area contributed by atoms with E-state index in [0.29, 0.717) is 12.6 Å². The minimum absolute atomic E-state index is 0.319. The molecule has 112 valence electrons. The molecule has 2 N–H and O–H groups in total. The summed E-state index contributed by atoms with van der Waals surface area (Å²) in [4.78, 5) is 2.46. The second kappa shape index (κ2) is 7.96. The van der Waals surface area contributed by atoms with Crippen molar-refractivity contribution in [3.63, 3.8) is 0 Å². The second-order valence-corrected chi connectivity index (χ2v) is 5.37. The smallest absolute Gasteiger partial charge is 0.0470 e. The van der Waals surface area contributed by atoms with Crippen molar-refractivity contribution >= 4 is 0 Å². The molecule has 0 amide bonds. The molecule has 0 saturated carbocycles. The molecule has 2 nitrogen and oxygen atoms in total. The van der Waals surface area contributed by atoms with Gasteiger partial charge in [-0.15, -0.1) is 0 Å². The summed E-state index contributed by atoms with van der Waals surface area (Å²) in [6.07, 6.45) is 1.16. The Labute approximate surface area is 128 Å². The molecule has 1 atom stereocenters. The van der Waals surface area contributed by atoms with Crippen LogP contribution in [0.25, 0.3) is 11.1 Å². The Morgan fingerprint density at radius 3 is 2.05 bits per heavy atom. The largest absolute Gasteiger partial charge is 0.329 e. The summed E-state index contributed by atoms with van der Waals surface area (Å²) >= 11 is 0. The number of likely N-dealkylation sites (N-methyl/N-ethyl adjacent to an activating group) is 1. The van der Waals surface area contributed by atoms with Crippen molar-refractivity contribution in [1.29, 1.82) is 0 Å². The monoisotopic (exact) mass is 282 g/mol. The molecule has 21 heavy (non-hydrogen) atoms. The lowest BCUT2D eigenvalue weighted by Crippen LogP contribution is -2.34. The molecule has 0 spiro atoms. The van der Waals surface area contributed by atoms with Gasteiger partial charge in [0.05, 0.1) is 0 Å². The average molecular weight is 282 g/mol. The van der Waals surface area contributed by atoms with Crippen molar-refractivity contribution in [3.8, 4) is 11.1 Å². The van der Waals surface area contributed by atoms with Gasteiger partial charge in [-0.05, 0) is 36.2 Å². The van der Waals surface area contributed by atoms with Gasteiger partial charge in [-0.2, -0.15) is 0 Å². The standard InChI is InChI=1S/C19H26N2/c1-3-14-21(4-2)19(15-20)18-12-10-17(11-13-18)16-8-6-5-7-9-16/h5-13,19H,3-4,14-15,20H2,1-2H3. The van der Waals surface area contributed by atoms with Crippen LogP contribution in [0.3, 0.4) is 0 Å². The zero-order valence-electron chi connectivity index (χ0n) is 13.1. The number of rotatable bonds is 7. The van der Waals surface area contributed by atoms with E-state index in [2.05, 4.69) is 67.3 Å². The van der Waals surface area contributed by atoms with Crippen LogP contribution in [0.5, 0.6) is 0 Å². The van der Waals surface area contributed by atoms with Crippen molar-refractivity contribution in [2.75, 3.05) is 19.6 Å². The Bertz CT molecular complexity index is 519. The summed E-state index contributed by atoms with van der Waals surface area (Å²) in [6, 6.07) is 19.6. The molecule has 2 aromatic carbocycles. The van der Waals surface area contributed by atoms with Gasteiger partial charge in [0, 0.05) is 12.6 Å². The van der Waals surface area contributed by atoms with Crippen LogP contribution < -0.4 is 5.73 Å². The van der Waals surface area contributed by atoms with Crippen molar-refractivity contribution in [2.24, 2.45) is 5.73 Å². The highest BCUT2D eigenvalue weighted by atomic mass is 15.2. The van der Waals surface area contributed by atoms with E-state index in [0.717, 1.165) is 19.5 Å². The molecule has 0 aliphatic heterocycles. The number of benzene rings is 2. The summed E-state index contributed by atoms with van der Waals surface area (Å²) < 4.78 is 0. The molecular formula is C19H26N2. The van der Waals surface area contributed by atoms with Gasteiger partial charge in [0.1, 0.15) is 0 Å². The molecule has 0 aliphatic rings. The molecule has 0 saturated heterocycles. The lowest BCUT2D eigenvalue weighted by Gasteiger charge is -2.30. The Balaban J connectivity index is 2.20. The maximum atomic E-state index is 6.02. The van der Waals surface area contributed by atoms with Crippen LogP contribution in [0.1, 0.15) is 31.9 Å². The van der Waals surface area contributed by atoms with Crippen LogP contribution in [0.4, 0.5) is 0 Å². The van der Waals surface area contributed by atoms with Crippen LogP contribution >= 0.6 is 0 Å². The van der Waals surface area contributed by atoms with Crippen molar-refractivity contribution in [2.45, 2.75) is 26.3 Å². The minimum atomic E-state index is 0.319. The third kappa shape index (κ3) is 3.93. The Morgan fingerprint density at radius 2 is 1.52 bits per heavy atom. The quantitative estimate of drug-likeness (QED) is 0.829. The number of hydrogen-bond acceptors (Lipinski definition) is 2. The predicted octanol–water partition coefficient (Wildman–Crippen LogP) is 4.09. The number of hydrogen-bond donors (Lipinski definition) is 1. The van der Waals surface area contributed by atoms with Gasteiger partial charge >= 0.3 is 0 Å². The molecule has 2 rings (SSSR count). The third-order valence-corrected chi connectivity index (χ3v) is 3.98. The Morgan fingerprint density at radius 1 is 0.905 bits per heavy atom. The first-order valence-electron chi connectivity index (χ1n) is 7.89. The molecule has 2 heteroatoms. The Hall–Kier alpha value is -1.64. The molecule has 0 bridgehead atoms. The van der Waals surface area contributed by atoms with E-state index in [-0.39, 0.29) is 0 Å². The first-order valence-corrected chi connectivity index (χ1v) is 7.89. The van der Waals surface area contributed by atoms with Crippen molar-refractivity contribution < 1.29 is 0 Å². The first-order chi connectivity index (χ1) is 10.3. The highest BCUT2D eigenvalue weighted by Gasteiger charge is 2.16. The minimum Gasteiger partial charge on any atom is -0.329 e. The second-order valence-electron chi connectivity index (χ2n) is 5.37. The van der Waals surface area contributed by atoms with Crippen LogP contribution in [0, 0.1) is 0 Å². The lowest BCUT2D eigenvalue weighted by molar-refractivity contribution is 0.213. The van der Waals surface area contributed by atoms with E-state index in [9.17, 15) is 0 Å². The van der Waals surface area contributed by atoms with Crippen molar-refractivity contribution in [3.05, 3.63) is 60.2 Å². The molecule has 1 unspecified atom stereocenters. The maximum absolute atomic E-state index is 6.02. The predicted molar refractivity (Wildman–Crippen MR) is 91.2 cm³/mol. The fourth-order valence-electron chi connectivity index (χ4n) is 2.85. The summed E-state index contributed by atoms with van der Waals surface area (Å²) in [5.74, 6) is 0. The molecule has 2 aromatic rings. The van der Waals surface area contributed by atoms with E-state index < -0.39 is 0 Å². The zero-order chi connectivity index (χ0) is 15.1. The van der Waals surface area contributed by atoms with Crippen LogP contribution in [0.15, 0.2) is 54.6 Å². The van der Waals surface area contributed by atoms with Gasteiger partial charge in [0.25, 0.3) is 0 Å². The van der Waals surface area contributed by atoms with E-state index in [4.69, 9.17) is 5.73 Å². The van der Waals surface area contributed by atoms with E-state index >= 15 is 0 Å². The first kappa shape index (κ1) is 15.7. The van der Waals surface area contributed by atoms with Crippen LogP contribution in [0.2, 0.25) is 0 Å². The number of nitrogens with zero attached hydrogens (tertiary/aromatic N) is 1. The molecule has 0 aromatic heterocycles. The molecule has 0 aliphatic carbocycles. The maximum Gasteiger partial charge on any atom is 0.0470 e. The fourth-order valence-corrected chi connectivity index (χ4v) is 2.85. The summed E-state index contributed by atoms with van der Waals surface area (Å²) in [5.41, 5.74) is 9.85. The van der Waals surface area contributed by atoms with Gasteiger partial charge in [-0.1, -0.05) is 68.4 Å². The van der Waals surface area contributed by atoms with Gasteiger partial charge in [-0.3, -0.25) is 4.90 Å². The van der Waals surface area contributed by atoms with Gasteiger partial charge in [0.15, 0.2) is 0 Å². The molecular weight excluding hydrogens is 256 g/mol. The SMILES string of the molecule is CCCN(CC)C(CN)c1ccc(-c2ccccc2)cc1. The summed E-state index contributed by atoms with van der Waals surface area (Å²) in [5, 5.41) is 0. The van der Waals surface area contributed by atoms with Gasteiger partial charge in [0.2, 0.25) is 0 Å². The zero-order valence-corrected chi connectivity index (χ0v) is 13.1. The van der Waals surface area contributed by atoms with E-state index in [1.54, 1.807) is 0 Å². The summed E-state index contributed by atoms with van der Waals surface area (Å²) in [7, 11) is 0. The molecule has 0 fully saturated rings. The summed E-state index contributed by atoms with van der Waals surface area (Å²) in [6.45, 7) is 7.22. The van der Waals surface area contributed by atoms with Crippen molar-refractivity contribution in [1.82, 2.24) is 4.90 Å². The lowest BCUT2D eigenvalue weighted by atomic mass is 10.00. The highest BCUT2D eigenvalue weighted by molar-refractivity contribution is 5.63.